The Balaban J connectivity index is 1.90. The van der Waals surface area contributed by atoms with Gasteiger partial charge in [0, 0.05) is 18.8 Å². The highest BCUT2D eigenvalue weighted by molar-refractivity contribution is 5.70. The van der Waals surface area contributed by atoms with Crippen molar-refractivity contribution in [3.05, 3.63) is 114 Å². The summed E-state index contributed by atoms with van der Waals surface area (Å²) >= 11 is 0. The van der Waals surface area contributed by atoms with Gasteiger partial charge in [0.05, 0.1) is 46.5 Å². The van der Waals surface area contributed by atoms with Crippen molar-refractivity contribution in [2.24, 2.45) is 5.92 Å². The maximum absolute atomic E-state index is 14.4. The summed E-state index contributed by atoms with van der Waals surface area (Å²) in [6.07, 6.45) is -11.9. The predicted octanol–water partition coefficient (Wildman–Crippen LogP) is 7.21. The van der Waals surface area contributed by atoms with Crippen LogP contribution in [0.15, 0.2) is 70.9 Å². The van der Waals surface area contributed by atoms with E-state index in [1.165, 1.54) is 0 Å². The van der Waals surface area contributed by atoms with E-state index in [1.54, 1.807) is 24.3 Å². The number of nitrogens with zero attached hydrogens (tertiary/aromatic N) is 4. The largest absolute Gasteiger partial charge is 0.419 e. The highest BCUT2D eigenvalue weighted by Crippen LogP contribution is 2.43. The summed E-state index contributed by atoms with van der Waals surface area (Å²) in [5.41, 5.74) is -5.19. The molecule has 2 aromatic carbocycles. The van der Waals surface area contributed by atoms with Crippen molar-refractivity contribution in [1.29, 1.82) is 21.0 Å². The monoisotopic (exact) mass is 642 g/mol. The van der Waals surface area contributed by atoms with Crippen molar-refractivity contribution in [2.45, 2.75) is 31.1 Å². The van der Waals surface area contributed by atoms with E-state index in [2.05, 4.69) is 0 Å². The standard InChI is InChI=1S/C32H12F10N4/c33-26-5-13(3-24(29(26)35)31(37,38)39)18-7-22-20(1-15(18)9-43)21-2-16(10-44)19(8-23(21)28(22)17(11-45)12-46)14-4-25(32(40,41)42)30(36)27(34)6-14/h1-3,6-8,17,28H,4-5H2. The number of allylic oxidation sites excluding steroid dienone is 8. The fourth-order valence-electron chi connectivity index (χ4n) is 5.77. The van der Waals surface area contributed by atoms with Crippen LogP contribution >= 0.6 is 0 Å². The fourth-order valence-corrected chi connectivity index (χ4v) is 5.77. The quantitative estimate of drug-likeness (QED) is 0.307. The Kier molecular flexibility index (Phi) is 7.67. The zero-order valence-electron chi connectivity index (χ0n) is 22.6. The Morgan fingerprint density at radius 2 is 1.13 bits per heavy atom. The van der Waals surface area contributed by atoms with E-state index in [9.17, 15) is 65.0 Å². The van der Waals surface area contributed by atoms with E-state index in [0.29, 0.717) is 12.2 Å². The minimum absolute atomic E-state index is 0.0559. The van der Waals surface area contributed by atoms with Crippen LogP contribution in [0.1, 0.15) is 41.0 Å². The molecule has 0 bridgehead atoms. The van der Waals surface area contributed by atoms with E-state index in [-0.39, 0.29) is 43.1 Å². The lowest BCUT2D eigenvalue weighted by molar-refractivity contribution is -0.0950. The molecule has 14 heteroatoms. The molecular formula is C32H12F10N4. The second kappa shape index (κ2) is 11.1. The van der Waals surface area contributed by atoms with Gasteiger partial charge in [-0.15, -0.1) is 0 Å². The average molecular weight is 642 g/mol. The molecule has 0 N–H and O–H groups in total. The molecule has 46 heavy (non-hydrogen) atoms. The van der Waals surface area contributed by atoms with E-state index in [0.717, 1.165) is 24.3 Å². The molecule has 0 amide bonds. The number of hydrogen-bond donors (Lipinski definition) is 0. The number of nitriles is 4. The summed E-state index contributed by atoms with van der Waals surface area (Å²) in [7, 11) is 0. The van der Waals surface area contributed by atoms with Crippen molar-refractivity contribution >= 4 is 11.1 Å². The summed E-state index contributed by atoms with van der Waals surface area (Å²) in [6.45, 7) is 0. The van der Waals surface area contributed by atoms with Crippen molar-refractivity contribution in [3.63, 3.8) is 0 Å². The Morgan fingerprint density at radius 3 is 1.57 bits per heavy atom. The first-order valence-corrected chi connectivity index (χ1v) is 12.9. The number of fused-ring (bicyclic) bond motifs is 2. The third-order valence-corrected chi connectivity index (χ3v) is 7.81. The number of benzene rings is 2. The zero-order chi connectivity index (χ0) is 33.9. The van der Waals surface area contributed by atoms with Gasteiger partial charge in [0.1, 0.15) is 11.7 Å². The van der Waals surface area contributed by atoms with Gasteiger partial charge in [-0.2, -0.15) is 47.4 Å². The summed E-state index contributed by atoms with van der Waals surface area (Å²) in [6, 6.07) is 11.6. The Labute approximate surface area is 251 Å². The minimum atomic E-state index is -5.30. The summed E-state index contributed by atoms with van der Waals surface area (Å²) in [4.78, 5) is 0. The molecule has 0 aliphatic heterocycles. The van der Waals surface area contributed by atoms with Gasteiger partial charge in [0.2, 0.25) is 0 Å². The third-order valence-electron chi connectivity index (χ3n) is 7.81. The fraction of sp³-hybridized carbons (Fsp3) is 0.188. The first kappa shape index (κ1) is 31.8. The molecule has 0 fully saturated rings. The van der Waals surface area contributed by atoms with Gasteiger partial charge in [0.15, 0.2) is 17.5 Å². The highest BCUT2D eigenvalue weighted by atomic mass is 19.4. The molecular weight excluding hydrogens is 630 g/mol. The second-order valence-electron chi connectivity index (χ2n) is 10.4. The molecule has 230 valence electrons. The van der Waals surface area contributed by atoms with E-state index >= 15 is 0 Å². The lowest BCUT2D eigenvalue weighted by atomic mass is 9.83. The normalized spacial score (nSPS) is 20.3. The van der Waals surface area contributed by atoms with Gasteiger partial charge in [-0.25, -0.2) is 17.6 Å². The van der Waals surface area contributed by atoms with Gasteiger partial charge in [-0.3, -0.25) is 0 Å². The average Bonchev–Trinajstić information content (AvgIpc) is 3.30. The molecule has 3 aliphatic rings. The number of rotatable bonds is 1. The predicted molar refractivity (Wildman–Crippen MR) is 139 cm³/mol. The molecule has 2 aromatic rings. The summed E-state index contributed by atoms with van der Waals surface area (Å²) < 4.78 is 138. The summed E-state index contributed by atoms with van der Waals surface area (Å²) in [5.74, 6) is -10.7. The zero-order valence-corrected chi connectivity index (χ0v) is 22.6. The van der Waals surface area contributed by atoms with Crippen LogP contribution in [0, 0.1) is 61.7 Å². The molecule has 5 rings (SSSR count). The van der Waals surface area contributed by atoms with Gasteiger partial charge in [0.25, 0.3) is 0 Å². The highest BCUT2D eigenvalue weighted by Gasteiger charge is 2.42. The maximum Gasteiger partial charge on any atom is 0.419 e. The van der Waals surface area contributed by atoms with Gasteiger partial charge >= 0.3 is 12.4 Å². The molecule has 1 atom stereocenters. The van der Waals surface area contributed by atoms with Crippen LogP contribution < -0.4 is 10.4 Å². The lowest BCUT2D eigenvalue weighted by Crippen LogP contribution is -2.21. The Hall–Kier alpha value is -5.60. The van der Waals surface area contributed by atoms with E-state index in [4.69, 9.17) is 0 Å². The van der Waals surface area contributed by atoms with Crippen LogP contribution in [0.25, 0.3) is 11.1 Å². The van der Waals surface area contributed by atoms with Gasteiger partial charge in [-0.05, 0) is 79.6 Å². The van der Waals surface area contributed by atoms with Crippen LogP contribution in [-0.4, -0.2) is 12.4 Å². The van der Waals surface area contributed by atoms with Crippen LogP contribution in [0.4, 0.5) is 43.9 Å². The lowest BCUT2D eigenvalue weighted by Gasteiger charge is -2.19. The molecule has 0 radical (unpaired) electrons. The van der Waals surface area contributed by atoms with Crippen LogP contribution in [0.3, 0.4) is 0 Å². The minimum Gasteiger partial charge on any atom is -0.208 e. The molecule has 0 heterocycles. The first-order valence-electron chi connectivity index (χ1n) is 12.9. The Bertz CT molecular complexity index is 2260. The van der Waals surface area contributed by atoms with Crippen molar-refractivity contribution in [1.82, 2.24) is 0 Å². The smallest absolute Gasteiger partial charge is 0.208 e. The van der Waals surface area contributed by atoms with Crippen molar-refractivity contribution in [3.8, 4) is 24.3 Å². The van der Waals surface area contributed by atoms with Crippen molar-refractivity contribution < 1.29 is 43.9 Å². The number of hydrogen-bond acceptors (Lipinski definition) is 4. The third kappa shape index (κ3) is 5.12. The van der Waals surface area contributed by atoms with E-state index in [1.807, 2.05) is 0 Å². The topological polar surface area (TPSA) is 95.2 Å². The summed E-state index contributed by atoms with van der Waals surface area (Å²) in [5, 5.41) is 39.0. The van der Waals surface area contributed by atoms with Crippen molar-refractivity contribution in [2.75, 3.05) is 0 Å². The van der Waals surface area contributed by atoms with E-state index < -0.39 is 82.6 Å². The SMILES string of the molecule is N#Cc1cc2c(cc1=C1C=C(C(F)(F)F)C(F)=C(F)C1)C(C(C#N)C#N)c1cc(=C3C=C(F)C(F)=C(C(F)(F)F)C3)c(C#N)cc1=2. The van der Waals surface area contributed by atoms with Gasteiger partial charge < -0.3 is 0 Å². The molecule has 0 aromatic heterocycles. The first-order chi connectivity index (χ1) is 21.5. The number of alkyl halides is 6. The molecule has 0 saturated carbocycles. The molecule has 1 unspecified atom stereocenters. The van der Waals surface area contributed by atoms with Gasteiger partial charge in [-0.1, -0.05) is 0 Å². The molecule has 0 spiro atoms. The van der Waals surface area contributed by atoms with Crippen LogP contribution in [0.2, 0.25) is 0 Å². The van der Waals surface area contributed by atoms with Crippen LogP contribution in [-0.2, 0) is 0 Å². The maximum atomic E-state index is 14.4. The molecule has 3 aliphatic carbocycles. The molecule has 4 nitrogen and oxygen atoms in total. The Morgan fingerprint density at radius 1 is 0.630 bits per heavy atom. The number of halogens is 10. The van der Waals surface area contributed by atoms with Crippen LogP contribution in [0.5, 0.6) is 0 Å². The molecule has 0 saturated heterocycles. The second-order valence-corrected chi connectivity index (χ2v) is 10.4.